The van der Waals surface area contributed by atoms with Gasteiger partial charge < -0.3 is 14.8 Å². The lowest BCUT2D eigenvalue weighted by Crippen LogP contribution is -2.42. The van der Waals surface area contributed by atoms with Crippen LogP contribution in [0.3, 0.4) is 0 Å². The van der Waals surface area contributed by atoms with Crippen molar-refractivity contribution in [2.75, 3.05) is 19.5 Å². The van der Waals surface area contributed by atoms with Crippen LogP contribution in [0.2, 0.25) is 0 Å². The van der Waals surface area contributed by atoms with Crippen molar-refractivity contribution in [1.82, 2.24) is 9.13 Å². The fourth-order valence-electron chi connectivity index (χ4n) is 3.66. The second kappa shape index (κ2) is 9.44. The van der Waals surface area contributed by atoms with Gasteiger partial charge in [0, 0.05) is 6.07 Å². The highest BCUT2D eigenvalue weighted by Gasteiger charge is 2.16. The maximum absolute atomic E-state index is 13.3. The quantitative estimate of drug-likeness (QED) is 0.472. The van der Waals surface area contributed by atoms with Crippen LogP contribution in [-0.2, 0) is 17.9 Å². The molecule has 1 aromatic heterocycles. The molecule has 1 heterocycles. The number of ether oxygens (including phenoxy) is 2. The van der Waals surface area contributed by atoms with E-state index in [0.29, 0.717) is 28.1 Å². The highest BCUT2D eigenvalue weighted by Crippen LogP contribution is 2.29. The van der Waals surface area contributed by atoms with E-state index in [0.717, 1.165) is 10.1 Å². The smallest absolute Gasteiger partial charge is 0.332 e. The standard InChI is InChI=1S/C25H23N3O5/c1-32-18-12-13-20(22(14-18)33-2)26-23(29)16-27-21-11-7-6-10-19(21)24(30)28(25(27)31)15-17-8-4-3-5-9-17/h3-14H,15-16H2,1-2H3,(H,26,29). The van der Waals surface area contributed by atoms with Gasteiger partial charge in [-0.1, -0.05) is 42.5 Å². The van der Waals surface area contributed by atoms with Gasteiger partial charge in [0.15, 0.2) is 0 Å². The third kappa shape index (κ3) is 4.50. The molecule has 0 radical (unpaired) electrons. The van der Waals surface area contributed by atoms with Gasteiger partial charge in [0.25, 0.3) is 5.56 Å². The number of hydrogen-bond donors (Lipinski definition) is 1. The number of anilines is 1. The Morgan fingerprint density at radius 1 is 0.879 bits per heavy atom. The highest BCUT2D eigenvalue weighted by atomic mass is 16.5. The molecule has 4 rings (SSSR count). The van der Waals surface area contributed by atoms with E-state index >= 15 is 0 Å². The summed E-state index contributed by atoms with van der Waals surface area (Å²) in [5.41, 5.74) is 0.699. The Balaban J connectivity index is 1.72. The number of benzene rings is 3. The first-order valence-electron chi connectivity index (χ1n) is 10.3. The number of rotatable bonds is 7. The van der Waals surface area contributed by atoms with Crippen LogP contribution >= 0.6 is 0 Å². The number of para-hydroxylation sites is 1. The first kappa shape index (κ1) is 21.9. The molecule has 0 aliphatic carbocycles. The molecule has 0 bridgehead atoms. The second-order valence-electron chi connectivity index (χ2n) is 7.38. The largest absolute Gasteiger partial charge is 0.497 e. The van der Waals surface area contributed by atoms with Crippen LogP contribution in [0.5, 0.6) is 11.5 Å². The number of nitrogens with zero attached hydrogens (tertiary/aromatic N) is 2. The fourth-order valence-corrected chi connectivity index (χ4v) is 3.66. The zero-order chi connectivity index (χ0) is 23.4. The van der Waals surface area contributed by atoms with Crippen LogP contribution < -0.4 is 26.0 Å². The summed E-state index contributed by atoms with van der Waals surface area (Å²) < 4.78 is 13.0. The summed E-state index contributed by atoms with van der Waals surface area (Å²) in [5, 5.41) is 3.13. The lowest BCUT2D eigenvalue weighted by Gasteiger charge is -2.15. The van der Waals surface area contributed by atoms with Crippen molar-refractivity contribution in [1.29, 1.82) is 0 Å². The maximum Gasteiger partial charge on any atom is 0.332 e. The number of carbonyl (C=O) groups excluding carboxylic acids is 1. The van der Waals surface area contributed by atoms with Crippen molar-refractivity contribution >= 4 is 22.5 Å². The van der Waals surface area contributed by atoms with Crippen molar-refractivity contribution in [3.05, 3.63) is 99.2 Å². The zero-order valence-electron chi connectivity index (χ0n) is 18.3. The number of aromatic nitrogens is 2. The van der Waals surface area contributed by atoms with E-state index in [-0.39, 0.29) is 13.1 Å². The Labute approximate surface area is 189 Å². The summed E-state index contributed by atoms with van der Waals surface area (Å²) in [5.74, 6) is 0.574. The molecule has 8 nitrogen and oxygen atoms in total. The molecule has 0 aliphatic heterocycles. The predicted molar refractivity (Wildman–Crippen MR) is 126 cm³/mol. The molecule has 0 fully saturated rings. The maximum atomic E-state index is 13.3. The van der Waals surface area contributed by atoms with Gasteiger partial charge >= 0.3 is 5.69 Å². The topological polar surface area (TPSA) is 91.6 Å². The third-order valence-corrected chi connectivity index (χ3v) is 5.30. The normalized spacial score (nSPS) is 10.7. The minimum atomic E-state index is -0.556. The van der Waals surface area contributed by atoms with E-state index in [1.807, 2.05) is 30.3 Å². The lowest BCUT2D eigenvalue weighted by molar-refractivity contribution is -0.116. The second-order valence-corrected chi connectivity index (χ2v) is 7.38. The van der Waals surface area contributed by atoms with E-state index in [9.17, 15) is 14.4 Å². The first-order chi connectivity index (χ1) is 16.0. The Hall–Kier alpha value is -4.33. The monoisotopic (exact) mass is 445 g/mol. The summed E-state index contributed by atoms with van der Waals surface area (Å²) in [6.45, 7) is -0.166. The number of methoxy groups -OCH3 is 2. The average molecular weight is 445 g/mol. The Morgan fingerprint density at radius 2 is 1.61 bits per heavy atom. The van der Waals surface area contributed by atoms with Crippen LogP contribution in [0.25, 0.3) is 10.9 Å². The molecule has 8 heteroatoms. The van der Waals surface area contributed by atoms with Gasteiger partial charge in [-0.25, -0.2) is 4.79 Å². The van der Waals surface area contributed by atoms with Crippen LogP contribution in [0, 0.1) is 0 Å². The van der Waals surface area contributed by atoms with E-state index in [4.69, 9.17) is 9.47 Å². The molecule has 0 unspecified atom stereocenters. The van der Waals surface area contributed by atoms with Crippen LogP contribution in [0.4, 0.5) is 5.69 Å². The molecular formula is C25H23N3O5. The summed E-state index contributed by atoms with van der Waals surface area (Å²) in [4.78, 5) is 39.3. The summed E-state index contributed by atoms with van der Waals surface area (Å²) >= 11 is 0. The first-order valence-corrected chi connectivity index (χ1v) is 10.3. The number of nitrogens with one attached hydrogen (secondary N) is 1. The average Bonchev–Trinajstić information content (AvgIpc) is 2.85. The van der Waals surface area contributed by atoms with Crippen molar-refractivity contribution < 1.29 is 14.3 Å². The van der Waals surface area contributed by atoms with Crippen molar-refractivity contribution in [2.45, 2.75) is 13.1 Å². The Bertz CT molecular complexity index is 1420. The number of amides is 1. The van der Waals surface area contributed by atoms with Gasteiger partial charge in [-0.2, -0.15) is 0 Å². The van der Waals surface area contributed by atoms with Gasteiger partial charge in [0.05, 0.1) is 37.4 Å². The van der Waals surface area contributed by atoms with E-state index in [2.05, 4.69) is 5.32 Å². The molecule has 0 aliphatic rings. The van der Waals surface area contributed by atoms with E-state index in [1.165, 1.54) is 18.8 Å². The predicted octanol–water partition coefficient (Wildman–Crippen LogP) is 2.87. The molecule has 168 valence electrons. The Kier molecular flexibility index (Phi) is 6.26. The molecule has 0 saturated carbocycles. The van der Waals surface area contributed by atoms with Gasteiger partial charge in [0.2, 0.25) is 5.91 Å². The number of carbonyl (C=O) groups is 1. The molecule has 0 saturated heterocycles. The van der Waals surface area contributed by atoms with Crippen molar-refractivity contribution in [2.24, 2.45) is 0 Å². The molecule has 1 N–H and O–H groups in total. The fraction of sp³-hybridized carbons (Fsp3) is 0.160. The molecular weight excluding hydrogens is 422 g/mol. The highest BCUT2D eigenvalue weighted by molar-refractivity contribution is 5.93. The van der Waals surface area contributed by atoms with E-state index < -0.39 is 17.2 Å². The summed E-state index contributed by atoms with van der Waals surface area (Å²) in [6, 6.07) is 21.0. The van der Waals surface area contributed by atoms with Crippen molar-refractivity contribution in [3.8, 4) is 11.5 Å². The van der Waals surface area contributed by atoms with Crippen LogP contribution in [-0.4, -0.2) is 29.3 Å². The number of hydrogen-bond acceptors (Lipinski definition) is 5. The van der Waals surface area contributed by atoms with E-state index in [1.54, 1.807) is 42.5 Å². The number of fused-ring (bicyclic) bond motifs is 1. The summed E-state index contributed by atoms with van der Waals surface area (Å²) in [6.07, 6.45) is 0. The Morgan fingerprint density at radius 3 is 2.33 bits per heavy atom. The third-order valence-electron chi connectivity index (χ3n) is 5.30. The molecule has 0 atom stereocenters. The molecule has 0 spiro atoms. The minimum absolute atomic E-state index is 0.108. The molecule has 4 aromatic rings. The SMILES string of the molecule is COc1ccc(NC(=O)Cn2c(=O)n(Cc3ccccc3)c(=O)c3ccccc32)c(OC)c1. The molecule has 1 amide bonds. The molecule has 33 heavy (non-hydrogen) atoms. The zero-order valence-corrected chi connectivity index (χ0v) is 18.3. The van der Waals surface area contributed by atoms with Gasteiger partial charge in [-0.15, -0.1) is 0 Å². The summed E-state index contributed by atoms with van der Waals surface area (Å²) in [7, 11) is 3.02. The van der Waals surface area contributed by atoms with Gasteiger partial charge in [-0.3, -0.25) is 18.7 Å². The van der Waals surface area contributed by atoms with Crippen LogP contribution in [0.15, 0.2) is 82.4 Å². The lowest BCUT2D eigenvalue weighted by atomic mass is 10.2. The molecule has 3 aromatic carbocycles. The van der Waals surface area contributed by atoms with Gasteiger partial charge in [-0.05, 0) is 29.8 Å². The van der Waals surface area contributed by atoms with Crippen molar-refractivity contribution in [3.63, 3.8) is 0 Å². The van der Waals surface area contributed by atoms with Crippen LogP contribution in [0.1, 0.15) is 5.56 Å². The van der Waals surface area contributed by atoms with Gasteiger partial charge in [0.1, 0.15) is 18.0 Å². The minimum Gasteiger partial charge on any atom is -0.497 e.